The van der Waals surface area contributed by atoms with Gasteiger partial charge in [0, 0.05) is 17.9 Å². The molecule has 2 aromatic carbocycles. The fourth-order valence-electron chi connectivity index (χ4n) is 4.60. The van der Waals surface area contributed by atoms with Gasteiger partial charge in [-0.15, -0.1) is 0 Å². The highest BCUT2D eigenvalue weighted by Gasteiger charge is 2.42. The van der Waals surface area contributed by atoms with E-state index in [1.54, 1.807) is 30.3 Å². The summed E-state index contributed by atoms with van der Waals surface area (Å²) in [4.78, 5) is 30.7. The van der Waals surface area contributed by atoms with Gasteiger partial charge in [-0.2, -0.15) is 13.2 Å². The lowest BCUT2D eigenvalue weighted by Crippen LogP contribution is -2.54. The summed E-state index contributed by atoms with van der Waals surface area (Å²) >= 11 is 6.00. The summed E-state index contributed by atoms with van der Waals surface area (Å²) < 4.78 is 55.7. The van der Waals surface area contributed by atoms with Crippen molar-refractivity contribution in [3.63, 3.8) is 0 Å². The van der Waals surface area contributed by atoms with E-state index in [-0.39, 0.29) is 22.3 Å². The predicted molar refractivity (Wildman–Crippen MR) is 135 cm³/mol. The third-order valence-corrected chi connectivity index (χ3v) is 6.61. The molecule has 1 aliphatic carbocycles. The number of halogens is 5. The van der Waals surface area contributed by atoms with Crippen LogP contribution in [0, 0.1) is 5.82 Å². The van der Waals surface area contributed by atoms with E-state index in [9.17, 15) is 27.2 Å². The molecule has 11 heteroatoms. The number of nitrogens with zero attached hydrogens (tertiary/aromatic N) is 1. The van der Waals surface area contributed by atoms with Crippen LogP contribution >= 0.6 is 11.6 Å². The molecule has 1 atom stereocenters. The number of para-hydroxylation sites is 1. The van der Waals surface area contributed by atoms with Crippen LogP contribution < -0.4 is 16.0 Å². The van der Waals surface area contributed by atoms with Gasteiger partial charge in [-0.1, -0.05) is 42.6 Å². The van der Waals surface area contributed by atoms with Crippen molar-refractivity contribution < 1.29 is 27.2 Å². The second-order valence-corrected chi connectivity index (χ2v) is 9.60. The van der Waals surface area contributed by atoms with Crippen LogP contribution in [0.2, 0.25) is 5.02 Å². The Kier molecular flexibility index (Phi) is 8.20. The normalized spacial score (nSPS) is 15.5. The first-order valence-corrected chi connectivity index (χ1v) is 12.4. The molecule has 4 rings (SSSR count). The molecular formula is C27H25ClF4N4O2. The molecule has 3 N–H and O–H groups in total. The van der Waals surface area contributed by atoms with E-state index in [1.165, 1.54) is 18.3 Å². The second kappa shape index (κ2) is 11.4. The number of aromatic nitrogens is 1. The van der Waals surface area contributed by atoms with Gasteiger partial charge in [-0.25, -0.2) is 9.18 Å². The Morgan fingerprint density at radius 3 is 2.29 bits per heavy atom. The molecule has 1 heterocycles. The van der Waals surface area contributed by atoms with Crippen molar-refractivity contribution in [1.29, 1.82) is 0 Å². The molecule has 3 aromatic rings. The Morgan fingerprint density at radius 2 is 1.66 bits per heavy atom. The maximum atomic E-state index is 14.6. The summed E-state index contributed by atoms with van der Waals surface area (Å²) in [5, 5.41) is 8.39. The number of hydrogen-bond donors (Lipinski definition) is 3. The molecule has 1 aliphatic rings. The van der Waals surface area contributed by atoms with E-state index in [4.69, 9.17) is 11.6 Å². The summed E-state index contributed by atoms with van der Waals surface area (Å²) in [7, 11) is 0. The van der Waals surface area contributed by atoms with Gasteiger partial charge in [-0.3, -0.25) is 9.78 Å². The van der Waals surface area contributed by atoms with Crippen LogP contribution in [0.5, 0.6) is 0 Å². The summed E-state index contributed by atoms with van der Waals surface area (Å²) in [6.45, 7) is 0. The fraction of sp³-hybridized carbons (Fsp3) is 0.296. The number of pyridine rings is 1. The van der Waals surface area contributed by atoms with Crippen LogP contribution in [-0.2, 0) is 16.5 Å². The number of carbonyl (C=O) groups is 2. The standard InChI is InChI=1S/C27H25ClF4N4O2/c28-19-10-11-23(33-16-19)26(36-25(38)35-22-8-4-5-9-22,15-24(37)34-21-6-2-1-3-7-21)17-12-18(27(30,31)32)14-20(29)13-17/h1-3,6-7,10-14,16,22H,4-5,8-9,15H2,(H,34,37)(H2,35,36,38)/t26-/m0/s1. The molecule has 6 nitrogen and oxygen atoms in total. The maximum absolute atomic E-state index is 14.6. The van der Waals surface area contributed by atoms with Crippen molar-refractivity contribution >= 4 is 29.2 Å². The van der Waals surface area contributed by atoms with Crippen LogP contribution in [-0.4, -0.2) is 23.0 Å². The van der Waals surface area contributed by atoms with Gasteiger partial charge < -0.3 is 16.0 Å². The quantitative estimate of drug-likeness (QED) is 0.298. The highest BCUT2D eigenvalue weighted by Crippen LogP contribution is 2.38. The number of alkyl halides is 3. The van der Waals surface area contributed by atoms with Crippen molar-refractivity contribution in [1.82, 2.24) is 15.6 Å². The molecular weight excluding hydrogens is 524 g/mol. The molecule has 0 saturated heterocycles. The molecule has 0 spiro atoms. The number of rotatable bonds is 7. The summed E-state index contributed by atoms with van der Waals surface area (Å²) in [5.41, 5.74) is -3.11. The summed E-state index contributed by atoms with van der Waals surface area (Å²) in [5.74, 6) is -1.83. The molecule has 0 aliphatic heterocycles. The number of urea groups is 1. The molecule has 1 fully saturated rings. The fourth-order valence-corrected chi connectivity index (χ4v) is 4.71. The molecule has 1 saturated carbocycles. The zero-order valence-corrected chi connectivity index (χ0v) is 20.9. The van der Waals surface area contributed by atoms with E-state index >= 15 is 0 Å². The first-order chi connectivity index (χ1) is 18.0. The van der Waals surface area contributed by atoms with Crippen molar-refractivity contribution in [3.05, 3.63) is 94.5 Å². The van der Waals surface area contributed by atoms with E-state index in [0.29, 0.717) is 17.8 Å². The lowest BCUT2D eigenvalue weighted by Gasteiger charge is -2.35. The monoisotopic (exact) mass is 548 g/mol. The average Bonchev–Trinajstić information content (AvgIpc) is 3.36. The number of carbonyl (C=O) groups excluding carboxylic acids is 2. The molecule has 38 heavy (non-hydrogen) atoms. The number of benzene rings is 2. The molecule has 1 aromatic heterocycles. The number of nitrogens with one attached hydrogen (secondary N) is 3. The lowest BCUT2D eigenvalue weighted by atomic mass is 9.81. The van der Waals surface area contributed by atoms with Gasteiger partial charge in [0.1, 0.15) is 11.4 Å². The first-order valence-electron chi connectivity index (χ1n) is 12.0. The van der Waals surface area contributed by atoms with E-state index in [0.717, 1.165) is 31.7 Å². The SMILES string of the molecule is O=C(C[C@](NC(=O)NC1CCCC1)(c1cc(F)cc(C(F)(F)F)c1)c1ccc(Cl)cn1)Nc1ccccc1. The Morgan fingerprint density at radius 1 is 0.974 bits per heavy atom. The van der Waals surface area contributed by atoms with Gasteiger partial charge >= 0.3 is 12.2 Å². The van der Waals surface area contributed by atoms with Crippen molar-refractivity contribution in [3.8, 4) is 0 Å². The van der Waals surface area contributed by atoms with Crippen molar-refractivity contribution in [2.75, 3.05) is 5.32 Å². The zero-order chi connectivity index (χ0) is 27.3. The van der Waals surface area contributed by atoms with Crippen LogP contribution in [0.3, 0.4) is 0 Å². The molecule has 0 bridgehead atoms. The number of hydrogen-bond acceptors (Lipinski definition) is 3. The minimum absolute atomic E-state index is 0.00501. The number of amides is 3. The van der Waals surface area contributed by atoms with E-state index < -0.39 is 41.5 Å². The topological polar surface area (TPSA) is 83.1 Å². The Bertz CT molecular complexity index is 1280. The largest absolute Gasteiger partial charge is 0.416 e. The Balaban J connectivity index is 1.83. The van der Waals surface area contributed by atoms with Crippen LogP contribution in [0.25, 0.3) is 0 Å². The van der Waals surface area contributed by atoms with Gasteiger partial charge in [0.25, 0.3) is 0 Å². The molecule has 0 unspecified atom stereocenters. The predicted octanol–water partition coefficient (Wildman–Crippen LogP) is 6.41. The number of anilines is 1. The third-order valence-electron chi connectivity index (χ3n) is 6.38. The van der Waals surface area contributed by atoms with E-state index in [2.05, 4.69) is 20.9 Å². The van der Waals surface area contributed by atoms with Gasteiger partial charge in [0.05, 0.1) is 22.7 Å². The maximum Gasteiger partial charge on any atom is 0.416 e. The van der Waals surface area contributed by atoms with Gasteiger partial charge in [-0.05, 0) is 60.9 Å². The zero-order valence-electron chi connectivity index (χ0n) is 20.1. The minimum Gasteiger partial charge on any atom is -0.335 e. The summed E-state index contributed by atoms with van der Waals surface area (Å²) in [6.07, 6.45) is -0.899. The van der Waals surface area contributed by atoms with Gasteiger partial charge in [0.2, 0.25) is 5.91 Å². The Labute approximate surface area is 221 Å². The van der Waals surface area contributed by atoms with Gasteiger partial charge in [0.15, 0.2) is 0 Å². The minimum atomic E-state index is -4.88. The second-order valence-electron chi connectivity index (χ2n) is 9.16. The Hall–Kier alpha value is -3.66. The highest BCUT2D eigenvalue weighted by atomic mass is 35.5. The van der Waals surface area contributed by atoms with Crippen molar-refractivity contribution in [2.45, 2.75) is 49.9 Å². The van der Waals surface area contributed by atoms with Crippen LogP contribution in [0.1, 0.15) is 48.9 Å². The van der Waals surface area contributed by atoms with Crippen LogP contribution in [0.15, 0.2) is 66.9 Å². The first kappa shape index (κ1) is 27.4. The van der Waals surface area contributed by atoms with E-state index in [1.807, 2.05) is 0 Å². The molecule has 3 amide bonds. The molecule has 200 valence electrons. The third kappa shape index (κ3) is 6.61. The summed E-state index contributed by atoms with van der Waals surface area (Å²) in [6, 6.07) is 12.3. The highest BCUT2D eigenvalue weighted by molar-refractivity contribution is 6.30. The average molecular weight is 549 g/mol. The smallest absolute Gasteiger partial charge is 0.335 e. The molecule has 0 radical (unpaired) electrons. The van der Waals surface area contributed by atoms with Crippen molar-refractivity contribution in [2.24, 2.45) is 0 Å². The van der Waals surface area contributed by atoms with Crippen LogP contribution in [0.4, 0.5) is 28.0 Å². The lowest BCUT2D eigenvalue weighted by molar-refractivity contribution is -0.137.